The van der Waals surface area contributed by atoms with Crippen LogP contribution < -0.4 is 0 Å². The summed E-state index contributed by atoms with van der Waals surface area (Å²) in [4.78, 5) is 18.7. The summed E-state index contributed by atoms with van der Waals surface area (Å²) in [5.41, 5.74) is 3.02. The summed E-state index contributed by atoms with van der Waals surface area (Å²) in [7, 11) is 0. The van der Waals surface area contributed by atoms with Gasteiger partial charge >= 0.3 is 0 Å². The Morgan fingerprint density at radius 3 is 2.88 bits per heavy atom. The van der Waals surface area contributed by atoms with Crippen molar-refractivity contribution < 1.29 is 9.32 Å². The van der Waals surface area contributed by atoms with Gasteiger partial charge in [0, 0.05) is 23.6 Å². The van der Waals surface area contributed by atoms with Crippen LogP contribution in [-0.4, -0.2) is 20.9 Å². The first kappa shape index (κ1) is 16.8. The van der Waals surface area contributed by atoms with E-state index in [1.165, 1.54) is 0 Å². The zero-order valence-electron chi connectivity index (χ0n) is 14.4. The molecule has 0 N–H and O–H groups in total. The zero-order valence-corrected chi connectivity index (χ0v) is 15.1. The number of nitrogens with zero attached hydrogens (tertiary/aromatic N) is 3. The van der Waals surface area contributed by atoms with Gasteiger partial charge in [0.1, 0.15) is 6.04 Å². The number of aromatic nitrogens is 2. The molecule has 1 amide bonds. The van der Waals surface area contributed by atoms with Crippen molar-refractivity contribution in [2.45, 2.75) is 32.4 Å². The Kier molecular flexibility index (Phi) is 4.47. The average Bonchev–Trinajstić information content (AvgIpc) is 3.23. The minimum Gasteiger partial charge on any atom is -0.337 e. The molecule has 1 atom stereocenters. The third-order valence-electron chi connectivity index (χ3n) is 4.57. The Labute approximate surface area is 156 Å². The SMILES string of the molecule is Cc1cccc(-c2noc(C3CCC(=O)N3Cc3cccc(Cl)c3)n2)c1. The second-order valence-corrected chi connectivity index (χ2v) is 6.97. The highest BCUT2D eigenvalue weighted by Gasteiger charge is 2.36. The first-order valence-electron chi connectivity index (χ1n) is 8.55. The minimum atomic E-state index is -0.201. The molecule has 1 fully saturated rings. The second-order valence-electron chi connectivity index (χ2n) is 6.53. The number of hydrogen-bond acceptors (Lipinski definition) is 4. The van der Waals surface area contributed by atoms with Gasteiger partial charge in [-0.25, -0.2) is 0 Å². The summed E-state index contributed by atoms with van der Waals surface area (Å²) in [5.74, 6) is 1.12. The number of aryl methyl sites for hydroxylation is 1. The lowest BCUT2D eigenvalue weighted by Gasteiger charge is -2.22. The third kappa shape index (κ3) is 3.35. The van der Waals surface area contributed by atoms with Gasteiger partial charge in [-0.3, -0.25) is 4.79 Å². The Morgan fingerprint density at radius 2 is 2.08 bits per heavy atom. The molecule has 0 radical (unpaired) electrons. The number of amides is 1. The minimum absolute atomic E-state index is 0.0882. The molecule has 3 aromatic rings. The lowest BCUT2D eigenvalue weighted by atomic mass is 10.1. The predicted octanol–water partition coefficient (Wildman–Crippen LogP) is 4.56. The Balaban J connectivity index is 1.59. The van der Waals surface area contributed by atoms with Crippen LogP contribution in [0.5, 0.6) is 0 Å². The number of likely N-dealkylation sites (tertiary alicyclic amines) is 1. The summed E-state index contributed by atoms with van der Waals surface area (Å²) in [5, 5.41) is 4.77. The van der Waals surface area contributed by atoms with Gasteiger partial charge < -0.3 is 9.42 Å². The Morgan fingerprint density at radius 1 is 1.23 bits per heavy atom. The van der Waals surface area contributed by atoms with Crippen LogP contribution >= 0.6 is 11.6 Å². The summed E-state index contributed by atoms with van der Waals surface area (Å²) in [6.07, 6.45) is 1.16. The van der Waals surface area contributed by atoms with Crippen molar-refractivity contribution >= 4 is 17.5 Å². The van der Waals surface area contributed by atoms with Crippen molar-refractivity contribution in [3.8, 4) is 11.4 Å². The number of rotatable bonds is 4. The second kappa shape index (κ2) is 6.92. The summed E-state index contributed by atoms with van der Waals surface area (Å²) in [6, 6.07) is 15.3. The van der Waals surface area contributed by atoms with Gasteiger partial charge in [0.05, 0.1) is 0 Å². The van der Waals surface area contributed by atoms with Crippen molar-refractivity contribution in [2.24, 2.45) is 0 Å². The van der Waals surface area contributed by atoms with E-state index in [0.29, 0.717) is 36.1 Å². The number of carbonyl (C=O) groups excluding carboxylic acids is 1. The van der Waals surface area contributed by atoms with Crippen molar-refractivity contribution in [1.29, 1.82) is 0 Å². The molecule has 1 unspecified atom stereocenters. The maximum Gasteiger partial charge on any atom is 0.249 e. The van der Waals surface area contributed by atoms with E-state index in [4.69, 9.17) is 16.1 Å². The lowest BCUT2D eigenvalue weighted by Crippen LogP contribution is -2.27. The third-order valence-corrected chi connectivity index (χ3v) is 4.81. The number of carbonyl (C=O) groups is 1. The molecule has 1 aliphatic heterocycles. The first-order chi connectivity index (χ1) is 12.6. The summed E-state index contributed by atoms with van der Waals surface area (Å²) >= 11 is 6.06. The van der Waals surface area contributed by atoms with E-state index in [1.54, 1.807) is 4.90 Å². The van der Waals surface area contributed by atoms with Gasteiger partial charge in [0.15, 0.2) is 0 Å². The molecule has 132 valence electrons. The molecule has 0 spiro atoms. The van der Waals surface area contributed by atoms with Gasteiger partial charge in [-0.05, 0) is 37.1 Å². The fourth-order valence-corrected chi connectivity index (χ4v) is 3.51. The van der Waals surface area contributed by atoms with Gasteiger partial charge in [-0.15, -0.1) is 0 Å². The van der Waals surface area contributed by atoms with E-state index in [2.05, 4.69) is 10.1 Å². The van der Waals surface area contributed by atoms with E-state index in [1.807, 2.05) is 55.5 Å². The molecular formula is C20H18ClN3O2. The van der Waals surface area contributed by atoms with Gasteiger partial charge in [0.25, 0.3) is 0 Å². The fourth-order valence-electron chi connectivity index (χ4n) is 3.29. The average molecular weight is 368 g/mol. The summed E-state index contributed by atoms with van der Waals surface area (Å²) in [6.45, 7) is 2.50. The van der Waals surface area contributed by atoms with E-state index >= 15 is 0 Å². The standard InChI is InChI=1S/C20H18ClN3O2/c1-13-4-2-6-15(10-13)19-22-20(26-23-19)17-8-9-18(25)24(17)12-14-5-3-7-16(21)11-14/h2-7,10-11,17H,8-9,12H2,1H3. The van der Waals surface area contributed by atoms with Crippen LogP contribution in [0.3, 0.4) is 0 Å². The van der Waals surface area contributed by atoms with E-state index < -0.39 is 0 Å². The highest BCUT2D eigenvalue weighted by Crippen LogP contribution is 2.34. The molecule has 2 aromatic carbocycles. The van der Waals surface area contributed by atoms with Crippen molar-refractivity contribution in [2.75, 3.05) is 0 Å². The molecule has 6 heteroatoms. The lowest BCUT2D eigenvalue weighted by molar-refractivity contribution is -0.129. The van der Waals surface area contributed by atoms with Crippen LogP contribution in [0.25, 0.3) is 11.4 Å². The van der Waals surface area contributed by atoms with Crippen LogP contribution in [0.2, 0.25) is 5.02 Å². The molecule has 0 saturated carbocycles. The molecule has 0 bridgehead atoms. The highest BCUT2D eigenvalue weighted by molar-refractivity contribution is 6.30. The van der Waals surface area contributed by atoms with E-state index in [0.717, 1.165) is 16.7 Å². The Bertz CT molecular complexity index is 953. The van der Waals surface area contributed by atoms with Crippen LogP contribution in [0.15, 0.2) is 53.1 Å². The molecular weight excluding hydrogens is 350 g/mol. The van der Waals surface area contributed by atoms with Crippen molar-refractivity contribution in [3.63, 3.8) is 0 Å². The van der Waals surface area contributed by atoms with E-state index in [-0.39, 0.29) is 11.9 Å². The molecule has 0 aliphatic carbocycles. The number of hydrogen-bond donors (Lipinski definition) is 0. The van der Waals surface area contributed by atoms with Gasteiger partial charge in [-0.2, -0.15) is 4.98 Å². The Hall–Kier alpha value is -2.66. The molecule has 1 saturated heterocycles. The van der Waals surface area contributed by atoms with Crippen LogP contribution in [0.4, 0.5) is 0 Å². The number of halogens is 1. The molecule has 1 aliphatic rings. The summed E-state index contributed by atoms with van der Waals surface area (Å²) < 4.78 is 5.50. The molecule has 2 heterocycles. The highest BCUT2D eigenvalue weighted by atomic mass is 35.5. The quantitative estimate of drug-likeness (QED) is 0.678. The van der Waals surface area contributed by atoms with Crippen molar-refractivity contribution in [1.82, 2.24) is 15.0 Å². The molecule has 1 aromatic heterocycles. The fraction of sp³-hybridized carbons (Fsp3) is 0.250. The normalized spacial score (nSPS) is 17.1. The van der Waals surface area contributed by atoms with Gasteiger partial charge in [-0.1, -0.05) is 52.7 Å². The number of benzene rings is 2. The largest absolute Gasteiger partial charge is 0.337 e. The van der Waals surface area contributed by atoms with Crippen molar-refractivity contribution in [3.05, 3.63) is 70.6 Å². The first-order valence-corrected chi connectivity index (χ1v) is 8.92. The molecule has 26 heavy (non-hydrogen) atoms. The molecule has 4 rings (SSSR count). The topological polar surface area (TPSA) is 59.2 Å². The maximum absolute atomic E-state index is 12.4. The van der Waals surface area contributed by atoms with Crippen LogP contribution in [-0.2, 0) is 11.3 Å². The van der Waals surface area contributed by atoms with Gasteiger partial charge in [0.2, 0.25) is 17.6 Å². The predicted molar refractivity (Wildman–Crippen MR) is 98.4 cm³/mol. The smallest absolute Gasteiger partial charge is 0.249 e. The van der Waals surface area contributed by atoms with E-state index in [9.17, 15) is 4.79 Å². The molecule has 5 nitrogen and oxygen atoms in total. The zero-order chi connectivity index (χ0) is 18.1. The monoisotopic (exact) mass is 367 g/mol. The van der Waals surface area contributed by atoms with Crippen LogP contribution in [0, 0.1) is 6.92 Å². The van der Waals surface area contributed by atoms with Crippen LogP contribution in [0.1, 0.15) is 35.9 Å². The maximum atomic E-state index is 12.4.